The normalized spacial score (nSPS) is 18.2. The van der Waals surface area contributed by atoms with E-state index in [2.05, 4.69) is 29.8 Å². The minimum Gasteiger partial charge on any atom is -0.390 e. The first-order valence-electron chi connectivity index (χ1n) is 8.02. The number of thiazole rings is 2. The molecule has 0 aromatic carbocycles. The molecule has 0 aliphatic carbocycles. The van der Waals surface area contributed by atoms with Crippen molar-refractivity contribution < 1.29 is 5.11 Å². The first-order valence-corrected chi connectivity index (χ1v) is 9.84. The van der Waals surface area contributed by atoms with Crippen LogP contribution in [0, 0.1) is 0 Å². The number of rotatable bonds is 5. The Kier molecular flexibility index (Phi) is 4.59. The molecule has 4 rings (SSSR count). The van der Waals surface area contributed by atoms with Crippen LogP contribution >= 0.6 is 22.7 Å². The summed E-state index contributed by atoms with van der Waals surface area (Å²) in [7, 11) is 0. The minimum absolute atomic E-state index is 0.00577. The topological polar surface area (TPSA) is 67.1 Å². The van der Waals surface area contributed by atoms with Crippen molar-refractivity contribution in [3.63, 3.8) is 0 Å². The highest BCUT2D eigenvalue weighted by Crippen LogP contribution is 2.31. The Morgan fingerprint density at radius 3 is 3.00 bits per heavy atom. The molecule has 0 spiro atoms. The van der Waals surface area contributed by atoms with Gasteiger partial charge in [-0.2, -0.15) is 0 Å². The standard InChI is InChI=1S/C16H19N5OS2/c22-8-14-10-24-16(19-14)21-4-1-2-12(6-21)15-17-3-5-20(15)7-13-9-23-11-18-13/h3,5,9-12,22H,1-2,4,6-8H2/t12-/m0/s1. The van der Waals surface area contributed by atoms with Crippen molar-refractivity contribution in [3.05, 3.63) is 45.9 Å². The third-order valence-corrected chi connectivity index (χ3v) is 5.91. The lowest BCUT2D eigenvalue weighted by Gasteiger charge is -2.32. The van der Waals surface area contributed by atoms with Crippen LogP contribution in [0.3, 0.4) is 0 Å². The summed E-state index contributed by atoms with van der Waals surface area (Å²) in [6.07, 6.45) is 6.19. The first-order chi connectivity index (χ1) is 11.8. The maximum absolute atomic E-state index is 9.22. The zero-order chi connectivity index (χ0) is 16.4. The van der Waals surface area contributed by atoms with E-state index in [9.17, 15) is 5.11 Å². The van der Waals surface area contributed by atoms with Crippen LogP contribution in [0.25, 0.3) is 0 Å². The lowest BCUT2D eigenvalue weighted by molar-refractivity contribution is 0.277. The molecule has 0 unspecified atom stereocenters. The number of piperidine rings is 1. The van der Waals surface area contributed by atoms with Crippen molar-refractivity contribution in [1.82, 2.24) is 19.5 Å². The summed E-state index contributed by atoms with van der Waals surface area (Å²) in [5, 5.41) is 14.2. The average molecular weight is 361 g/mol. The van der Waals surface area contributed by atoms with E-state index in [1.807, 2.05) is 23.3 Å². The molecule has 126 valence electrons. The van der Waals surface area contributed by atoms with Gasteiger partial charge in [0.1, 0.15) is 5.82 Å². The van der Waals surface area contributed by atoms with Gasteiger partial charge in [0.05, 0.1) is 30.1 Å². The van der Waals surface area contributed by atoms with Gasteiger partial charge >= 0.3 is 0 Å². The lowest BCUT2D eigenvalue weighted by Crippen LogP contribution is -2.35. The predicted octanol–water partition coefficient (Wildman–Crippen LogP) is 2.72. The lowest BCUT2D eigenvalue weighted by atomic mass is 9.97. The summed E-state index contributed by atoms with van der Waals surface area (Å²) in [4.78, 5) is 15.8. The molecule has 1 fully saturated rings. The Morgan fingerprint density at radius 1 is 1.25 bits per heavy atom. The molecule has 1 aliphatic rings. The second kappa shape index (κ2) is 7.00. The molecule has 4 heterocycles. The van der Waals surface area contributed by atoms with Gasteiger partial charge in [0.2, 0.25) is 0 Å². The van der Waals surface area contributed by atoms with Gasteiger partial charge in [-0.05, 0) is 12.8 Å². The number of nitrogens with zero attached hydrogens (tertiary/aromatic N) is 5. The highest BCUT2D eigenvalue weighted by Gasteiger charge is 2.26. The summed E-state index contributed by atoms with van der Waals surface area (Å²) >= 11 is 3.23. The highest BCUT2D eigenvalue weighted by molar-refractivity contribution is 7.13. The molecule has 6 nitrogen and oxygen atoms in total. The van der Waals surface area contributed by atoms with Crippen LogP contribution in [-0.2, 0) is 13.2 Å². The van der Waals surface area contributed by atoms with Gasteiger partial charge < -0.3 is 14.6 Å². The van der Waals surface area contributed by atoms with E-state index in [1.165, 1.54) is 0 Å². The molecular formula is C16H19N5OS2. The largest absolute Gasteiger partial charge is 0.390 e. The molecule has 1 atom stereocenters. The van der Waals surface area contributed by atoms with Crippen molar-refractivity contribution in [1.29, 1.82) is 0 Å². The van der Waals surface area contributed by atoms with E-state index in [0.717, 1.165) is 54.8 Å². The fraction of sp³-hybridized carbons (Fsp3) is 0.438. The number of aliphatic hydroxyl groups is 1. The highest BCUT2D eigenvalue weighted by atomic mass is 32.1. The summed E-state index contributed by atoms with van der Waals surface area (Å²) in [6, 6.07) is 0. The maximum Gasteiger partial charge on any atom is 0.185 e. The van der Waals surface area contributed by atoms with Gasteiger partial charge in [0.15, 0.2) is 5.13 Å². The van der Waals surface area contributed by atoms with Gasteiger partial charge in [0.25, 0.3) is 0 Å². The van der Waals surface area contributed by atoms with Crippen LogP contribution in [0.5, 0.6) is 0 Å². The van der Waals surface area contributed by atoms with E-state index in [-0.39, 0.29) is 6.61 Å². The van der Waals surface area contributed by atoms with Gasteiger partial charge in [0, 0.05) is 42.2 Å². The van der Waals surface area contributed by atoms with Crippen LogP contribution in [0.1, 0.15) is 36.0 Å². The quantitative estimate of drug-likeness (QED) is 0.757. The summed E-state index contributed by atoms with van der Waals surface area (Å²) in [6.45, 7) is 2.72. The van der Waals surface area contributed by atoms with Gasteiger partial charge in [-0.3, -0.25) is 0 Å². The van der Waals surface area contributed by atoms with Crippen molar-refractivity contribution in [2.75, 3.05) is 18.0 Å². The second-order valence-electron chi connectivity index (χ2n) is 5.96. The molecular weight excluding hydrogens is 342 g/mol. The van der Waals surface area contributed by atoms with E-state index >= 15 is 0 Å². The van der Waals surface area contributed by atoms with Crippen molar-refractivity contribution in [2.45, 2.75) is 31.9 Å². The Labute approximate surface area is 148 Å². The van der Waals surface area contributed by atoms with Gasteiger partial charge in [-0.15, -0.1) is 22.7 Å². The average Bonchev–Trinajstić information content (AvgIpc) is 3.37. The fourth-order valence-corrected chi connectivity index (χ4v) is 4.58. The molecule has 8 heteroatoms. The SMILES string of the molecule is OCc1csc(N2CCC[C@H](c3nccn3Cc3cscn3)C2)n1. The fourth-order valence-electron chi connectivity index (χ4n) is 3.18. The molecule has 0 amide bonds. The van der Waals surface area contributed by atoms with Crippen LogP contribution in [0.2, 0.25) is 0 Å². The summed E-state index contributed by atoms with van der Waals surface area (Å²) in [5.41, 5.74) is 3.71. The number of imidazole rings is 1. The molecule has 0 bridgehead atoms. The van der Waals surface area contributed by atoms with Gasteiger partial charge in [-0.25, -0.2) is 15.0 Å². The van der Waals surface area contributed by atoms with Crippen molar-refractivity contribution in [2.24, 2.45) is 0 Å². The zero-order valence-electron chi connectivity index (χ0n) is 13.2. The Bertz CT molecular complexity index is 782. The molecule has 3 aromatic heterocycles. The number of aromatic nitrogens is 4. The van der Waals surface area contributed by atoms with E-state index in [1.54, 1.807) is 22.7 Å². The Balaban J connectivity index is 1.51. The van der Waals surface area contributed by atoms with Crippen LogP contribution in [-0.4, -0.2) is 37.7 Å². The Hall–Kier alpha value is -1.77. The number of anilines is 1. The predicted molar refractivity (Wildman–Crippen MR) is 95.7 cm³/mol. The number of hydrogen-bond acceptors (Lipinski definition) is 7. The molecule has 3 aromatic rings. The number of hydrogen-bond donors (Lipinski definition) is 1. The number of aliphatic hydroxyl groups excluding tert-OH is 1. The summed E-state index contributed by atoms with van der Waals surface area (Å²) < 4.78 is 2.21. The van der Waals surface area contributed by atoms with Gasteiger partial charge in [-0.1, -0.05) is 0 Å². The monoisotopic (exact) mass is 361 g/mol. The van der Waals surface area contributed by atoms with E-state index in [4.69, 9.17) is 0 Å². The molecule has 0 saturated carbocycles. The van der Waals surface area contributed by atoms with Crippen molar-refractivity contribution in [3.8, 4) is 0 Å². The van der Waals surface area contributed by atoms with E-state index < -0.39 is 0 Å². The van der Waals surface area contributed by atoms with Crippen LogP contribution < -0.4 is 4.90 Å². The van der Waals surface area contributed by atoms with Crippen molar-refractivity contribution >= 4 is 27.8 Å². The summed E-state index contributed by atoms with van der Waals surface area (Å²) in [5.74, 6) is 1.53. The molecule has 1 aliphatic heterocycles. The molecule has 24 heavy (non-hydrogen) atoms. The maximum atomic E-state index is 9.22. The molecule has 1 N–H and O–H groups in total. The van der Waals surface area contributed by atoms with Crippen LogP contribution in [0.4, 0.5) is 5.13 Å². The molecule has 0 radical (unpaired) electrons. The second-order valence-corrected chi connectivity index (χ2v) is 7.51. The van der Waals surface area contributed by atoms with Crippen LogP contribution in [0.15, 0.2) is 28.7 Å². The smallest absolute Gasteiger partial charge is 0.185 e. The Morgan fingerprint density at radius 2 is 2.21 bits per heavy atom. The zero-order valence-corrected chi connectivity index (χ0v) is 14.8. The third-order valence-electron chi connectivity index (χ3n) is 4.32. The third kappa shape index (κ3) is 3.22. The minimum atomic E-state index is 0.00577. The van der Waals surface area contributed by atoms with E-state index in [0.29, 0.717) is 5.92 Å². The molecule has 1 saturated heterocycles. The first kappa shape index (κ1) is 15.7.